The Morgan fingerprint density at radius 2 is 1.86 bits per heavy atom. The summed E-state index contributed by atoms with van der Waals surface area (Å²) in [6.45, 7) is 13.9. The summed E-state index contributed by atoms with van der Waals surface area (Å²) in [7, 11) is 2.00. The molecule has 0 radical (unpaired) electrons. The number of morpholine rings is 1. The predicted molar refractivity (Wildman–Crippen MR) is 88.9 cm³/mol. The largest absolute Gasteiger partial charge is 0.374 e. The second-order valence-electron chi connectivity index (χ2n) is 6.56. The van der Waals surface area contributed by atoms with Crippen molar-refractivity contribution in [2.24, 2.45) is 0 Å². The molecule has 1 N–H and O–H groups in total. The summed E-state index contributed by atoms with van der Waals surface area (Å²) in [5.74, 6) is 0. The minimum atomic E-state index is 0.214. The van der Waals surface area contributed by atoms with Gasteiger partial charge in [0.05, 0.1) is 18.8 Å². The lowest BCUT2D eigenvalue weighted by atomic mass is 9.88. The molecule has 1 saturated heterocycles. The van der Waals surface area contributed by atoms with E-state index in [4.69, 9.17) is 4.74 Å². The van der Waals surface area contributed by atoms with Crippen molar-refractivity contribution in [1.82, 2.24) is 10.2 Å². The monoisotopic (exact) mass is 290 g/mol. The molecule has 0 amide bonds. The molecular weight excluding hydrogens is 260 g/mol. The fraction of sp³-hybridized carbons (Fsp3) is 0.667. The summed E-state index contributed by atoms with van der Waals surface area (Å²) >= 11 is 0. The number of hydrogen-bond acceptors (Lipinski definition) is 3. The third-order valence-corrected chi connectivity index (χ3v) is 4.49. The molecule has 3 heteroatoms. The molecule has 1 aromatic rings. The van der Waals surface area contributed by atoms with Crippen LogP contribution in [-0.4, -0.2) is 43.8 Å². The lowest BCUT2D eigenvalue weighted by Crippen LogP contribution is -2.51. The lowest BCUT2D eigenvalue weighted by molar-refractivity contribution is -0.0819. The number of hydrogen-bond donors (Lipinski definition) is 1. The fourth-order valence-corrected chi connectivity index (χ4v) is 3.71. The number of aryl methyl sites for hydroxylation is 3. The second kappa shape index (κ2) is 6.91. The van der Waals surface area contributed by atoms with Gasteiger partial charge in [-0.2, -0.15) is 0 Å². The normalized spacial score (nSPS) is 23.8. The van der Waals surface area contributed by atoms with Crippen molar-refractivity contribution >= 4 is 0 Å². The van der Waals surface area contributed by atoms with Crippen LogP contribution in [0.3, 0.4) is 0 Å². The third kappa shape index (κ3) is 3.47. The first-order valence-corrected chi connectivity index (χ1v) is 8.05. The maximum atomic E-state index is 6.10. The van der Waals surface area contributed by atoms with Gasteiger partial charge in [0.25, 0.3) is 0 Å². The van der Waals surface area contributed by atoms with E-state index in [2.05, 4.69) is 57.0 Å². The molecule has 2 rings (SSSR count). The standard InChI is InChI=1S/C18H30N2O/c1-12(2)20-7-8-21-16(11-19-6)18(20)17-14(4)9-13(3)10-15(17)5/h9-10,12,16,18-19H,7-8,11H2,1-6H3. The third-order valence-electron chi connectivity index (χ3n) is 4.49. The quantitative estimate of drug-likeness (QED) is 0.922. The van der Waals surface area contributed by atoms with Crippen LogP contribution in [-0.2, 0) is 4.74 Å². The van der Waals surface area contributed by atoms with Gasteiger partial charge in [-0.05, 0) is 58.4 Å². The predicted octanol–water partition coefficient (Wildman–Crippen LogP) is 2.98. The van der Waals surface area contributed by atoms with Crippen LogP contribution in [0.2, 0.25) is 0 Å². The first-order valence-electron chi connectivity index (χ1n) is 8.05. The van der Waals surface area contributed by atoms with Gasteiger partial charge in [0.1, 0.15) is 0 Å². The van der Waals surface area contributed by atoms with E-state index in [1.807, 2.05) is 7.05 Å². The molecule has 3 nitrogen and oxygen atoms in total. The summed E-state index contributed by atoms with van der Waals surface area (Å²) in [6.07, 6.45) is 0.214. The van der Waals surface area contributed by atoms with E-state index in [1.165, 1.54) is 22.3 Å². The second-order valence-corrected chi connectivity index (χ2v) is 6.56. The molecule has 0 spiro atoms. The van der Waals surface area contributed by atoms with Gasteiger partial charge in [-0.15, -0.1) is 0 Å². The van der Waals surface area contributed by atoms with Gasteiger partial charge in [-0.1, -0.05) is 17.7 Å². The lowest BCUT2D eigenvalue weighted by Gasteiger charge is -2.45. The summed E-state index contributed by atoms with van der Waals surface area (Å²) in [6, 6.07) is 5.46. The molecule has 1 aliphatic heterocycles. The van der Waals surface area contributed by atoms with E-state index in [1.54, 1.807) is 0 Å². The topological polar surface area (TPSA) is 24.5 Å². The van der Waals surface area contributed by atoms with Crippen molar-refractivity contribution in [3.63, 3.8) is 0 Å². The van der Waals surface area contributed by atoms with E-state index in [0.717, 1.165) is 19.7 Å². The van der Waals surface area contributed by atoms with E-state index < -0.39 is 0 Å². The Morgan fingerprint density at radius 1 is 1.24 bits per heavy atom. The van der Waals surface area contributed by atoms with Gasteiger partial charge in [0.2, 0.25) is 0 Å². The number of ether oxygens (including phenoxy) is 1. The molecule has 2 atom stereocenters. The molecule has 21 heavy (non-hydrogen) atoms. The molecule has 1 fully saturated rings. The van der Waals surface area contributed by atoms with E-state index in [9.17, 15) is 0 Å². The van der Waals surface area contributed by atoms with Crippen LogP contribution in [0.5, 0.6) is 0 Å². The molecule has 0 saturated carbocycles. The van der Waals surface area contributed by atoms with Gasteiger partial charge in [-0.25, -0.2) is 0 Å². The zero-order valence-electron chi connectivity index (χ0n) is 14.4. The van der Waals surface area contributed by atoms with Crippen molar-refractivity contribution in [2.45, 2.75) is 52.8 Å². The van der Waals surface area contributed by atoms with Crippen molar-refractivity contribution in [1.29, 1.82) is 0 Å². The van der Waals surface area contributed by atoms with Crippen LogP contribution in [0.4, 0.5) is 0 Å². The fourth-order valence-electron chi connectivity index (χ4n) is 3.71. The van der Waals surface area contributed by atoms with Crippen molar-refractivity contribution in [3.05, 3.63) is 34.4 Å². The maximum Gasteiger partial charge on any atom is 0.0896 e. The van der Waals surface area contributed by atoms with Crippen molar-refractivity contribution in [2.75, 3.05) is 26.7 Å². The molecule has 118 valence electrons. The Labute approximate surface area is 129 Å². The Bertz CT molecular complexity index is 459. The average Bonchev–Trinajstić information content (AvgIpc) is 2.39. The van der Waals surface area contributed by atoms with Crippen LogP contribution >= 0.6 is 0 Å². The van der Waals surface area contributed by atoms with Gasteiger partial charge < -0.3 is 10.1 Å². The number of nitrogens with one attached hydrogen (secondary N) is 1. The molecule has 2 unspecified atom stereocenters. The highest BCUT2D eigenvalue weighted by Gasteiger charge is 2.36. The zero-order chi connectivity index (χ0) is 15.6. The Hall–Kier alpha value is -0.900. The van der Waals surface area contributed by atoms with Crippen LogP contribution in [0.25, 0.3) is 0 Å². The molecule has 1 heterocycles. The van der Waals surface area contributed by atoms with Gasteiger partial charge in [-0.3, -0.25) is 4.90 Å². The van der Waals surface area contributed by atoms with Crippen LogP contribution in [0.1, 0.15) is 42.1 Å². The summed E-state index contributed by atoms with van der Waals surface area (Å²) in [5.41, 5.74) is 5.56. The highest BCUT2D eigenvalue weighted by Crippen LogP contribution is 2.35. The minimum Gasteiger partial charge on any atom is -0.374 e. The number of nitrogens with zero attached hydrogens (tertiary/aromatic N) is 1. The van der Waals surface area contributed by atoms with E-state index >= 15 is 0 Å². The molecule has 1 aliphatic rings. The first kappa shape index (κ1) is 16.5. The van der Waals surface area contributed by atoms with Crippen LogP contribution in [0, 0.1) is 20.8 Å². The van der Waals surface area contributed by atoms with E-state index in [-0.39, 0.29) is 6.10 Å². The SMILES string of the molecule is CNCC1OCCN(C(C)C)C1c1c(C)cc(C)cc1C. The Morgan fingerprint density at radius 3 is 2.38 bits per heavy atom. The van der Waals surface area contributed by atoms with Gasteiger partial charge >= 0.3 is 0 Å². The minimum absolute atomic E-state index is 0.214. The summed E-state index contributed by atoms with van der Waals surface area (Å²) in [5, 5.41) is 3.30. The highest BCUT2D eigenvalue weighted by atomic mass is 16.5. The molecule has 0 bridgehead atoms. The van der Waals surface area contributed by atoms with Gasteiger partial charge in [0, 0.05) is 19.1 Å². The van der Waals surface area contributed by atoms with Gasteiger partial charge in [0.15, 0.2) is 0 Å². The maximum absolute atomic E-state index is 6.10. The number of rotatable bonds is 4. The van der Waals surface area contributed by atoms with E-state index in [0.29, 0.717) is 12.1 Å². The first-order chi connectivity index (χ1) is 9.95. The Balaban J connectivity index is 2.47. The molecule has 1 aromatic carbocycles. The number of likely N-dealkylation sites (N-methyl/N-ethyl adjacent to an activating group) is 1. The van der Waals surface area contributed by atoms with Crippen LogP contribution in [0.15, 0.2) is 12.1 Å². The Kier molecular flexibility index (Phi) is 5.42. The van der Waals surface area contributed by atoms with Crippen molar-refractivity contribution in [3.8, 4) is 0 Å². The molecular formula is C18H30N2O. The van der Waals surface area contributed by atoms with Crippen molar-refractivity contribution < 1.29 is 4.74 Å². The highest BCUT2D eigenvalue weighted by molar-refractivity contribution is 5.40. The molecule has 0 aliphatic carbocycles. The summed E-state index contributed by atoms with van der Waals surface area (Å²) in [4.78, 5) is 2.59. The smallest absolute Gasteiger partial charge is 0.0896 e. The average molecular weight is 290 g/mol. The summed E-state index contributed by atoms with van der Waals surface area (Å²) < 4.78 is 6.10. The zero-order valence-corrected chi connectivity index (χ0v) is 14.4. The number of benzene rings is 1. The van der Waals surface area contributed by atoms with Crippen LogP contribution < -0.4 is 5.32 Å². The molecule has 0 aromatic heterocycles.